The van der Waals surface area contributed by atoms with Crippen molar-refractivity contribution in [3.8, 4) is 5.75 Å². The fourth-order valence-corrected chi connectivity index (χ4v) is 2.47. The predicted molar refractivity (Wildman–Crippen MR) is 79.7 cm³/mol. The number of amides is 1. The molecule has 0 aliphatic carbocycles. The highest BCUT2D eigenvalue weighted by Crippen LogP contribution is 2.25. The van der Waals surface area contributed by atoms with E-state index in [9.17, 15) is 9.59 Å². The van der Waals surface area contributed by atoms with Crippen molar-refractivity contribution in [2.45, 2.75) is 12.5 Å². The first-order valence-corrected chi connectivity index (χ1v) is 6.87. The second-order valence-electron chi connectivity index (χ2n) is 4.88. The molecule has 1 heterocycles. The van der Waals surface area contributed by atoms with E-state index in [0.29, 0.717) is 24.3 Å². The number of carbonyl (C=O) groups excluding carboxylic acids is 2. The van der Waals surface area contributed by atoms with Crippen LogP contribution in [0.1, 0.15) is 16.8 Å². The van der Waals surface area contributed by atoms with Crippen LogP contribution >= 0.6 is 0 Å². The number of hydrogen-bond acceptors (Lipinski definition) is 3. The quantitative estimate of drug-likeness (QED) is 0.809. The standard InChI is InChI=1S/C17H15NO3/c19-12-13-6-4-5-9-15(13)21-16-10-11-18(17(16)20)14-7-2-1-3-8-14/h1-9,12,16H,10-11H2. The van der Waals surface area contributed by atoms with Gasteiger partial charge in [0.15, 0.2) is 12.4 Å². The second kappa shape index (κ2) is 5.79. The molecule has 4 nitrogen and oxygen atoms in total. The summed E-state index contributed by atoms with van der Waals surface area (Å²) in [6.45, 7) is 0.622. The van der Waals surface area contributed by atoms with E-state index in [1.807, 2.05) is 30.3 Å². The lowest BCUT2D eigenvalue weighted by Crippen LogP contribution is -2.32. The van der Waals surface area contributed by atoms with Gasteiger partial charge in [-0.05, 0) is 24.3 Å². The summed E-state index contributed by atoms with van der Waals surface area (Å²) in [4.78, 5) is 25.1. The van der Waals surface area contributed by atoms with Crippen LogP contribution in [-0.4, -0.2) is 24.8 Å². The van der Waals surface area contributed by atoms with Crippen molar-refractivity contribution in [2.24, 2.45) is 0 Å². The first-order chi connectivity index (χ1) is 10.3. The van der Waals surface area contributed by atoms with Crippen molar-refractivity contribution >= 4 is 17.9 Å². The molecule has 0 bridgehead atoms. The monoisotopic (exact) mass is 281 g/mol. The third kappa shape index (κ3) is 2.65. The van der Waals surface area contributed by atoms with Gasteiger partial charge in [-0.15, -0.1) is 0 Å². The van der Waals surface area contributed by atoms with E-state index in [4.69, 9.17) is 4.74 Å². The maximum absolute atomic E-state index is 12.4. The minimum absolute atomic E-state index is 0.0677. The van der Waals surface area contributed by atoms with Gasteiger partial charge in [-0.2, -0.15) is 0 Å². The Labute approximate surface area is 123 Å². The number of nitrogens with zero attached hydrogens (tertiary/aromatic N) is 1. The normalized spacial score (nSPS) is 17.8. The topological polar surface area (TPSA) is 46.6 Å². The Balaban J connectivity index is 1.77. The van der Waals surface area contributed by atoms with Crippen molar-refractivity contribution in [1.29, 1.82) is 0 Å². The summed E-state index contributed by atoms with van der Waals surface area (Å²) in [6.07, 6.45) is 0.816. The van der Waals surface area contributed by atoms with Gasteiger partial charge in [0.25, 0.3) is 5.91 Å². The molecule has 2 aromatic carbocycles. The van der Waals surface area contributed by atoms with Crippen LogP contribution in [-0.2, 0) is 4.79 Å². The highest BCUT2D eigenvalue weighted by Gasteiger charge is 2.34. The first-order valence-electron chi connectivity index (χ1n) is 6.87. The number of carbonyl (C=O) groups is 2. The highest BCUT2D eigenvalue weighted by molar-refractivity contribution is 5.99. The molecule has 1 atom stereocenters. The molecule has 1 unspecified atom stereocenters. The zero-order chi connectivity index (χ0) is 14.7. The van der Waals surface area contributed by atoms with Crippen LogP contribution in [0.25, 0.3) is 0 Å². The van der Waals surface area contributed by atoms with Crippen LogP contribution < -0.4 is 9.64 Å². The fourth-order valence-electron chi connectivity index (χ4n) is 2.47. The molecular weight excluding hydrogens is 266 g/mol. The van der Waals surface area contributed by atoms with Gasteiger partial charge in [0.05, 0.1) is 5.56 Å². The lowest BCUT2D eigenvalue weighted by molar-refractivity contribution is -0.122. The molecule has 1 fully saturated rings. The maximum atomic E-state index is 12.4. The second-order valence-corrected chi connectivity index (χ2v) is 4.88. The summed E-state index contributed by atoms with van der Waals surface area (Å²) >= 11 is 0. The van der Waals surface area contributed by atoms with E-state index < -0.39 is 6.10 Å². The number of aldehydes is 1. The van der Waals surface area contributed by atoms with Gasteiger partial charge in [0.1, 0.15) is 5.75 Å². The van der Waals surface area contributed by atoms with E-state index in [2.05, 4.69) is 0 Å². The van der Waals surface area contributed by atoms with Crippen LogP contribution in [0.4, 0.5) is 5.69 Å². The number of ether oxygens (including phenoxy) is 1. The van der Waals surface area contributed by atoms with E-state index in [1.54, 1.807) is 29.2 Å². The summed E-state index contributed by atoms with van der Waals surface area (Å²) < 4.78 is 5.74. The van der Waals surface area contributed by atoms with E-state index in [1.165, 1.54) is 0 Å². The van der Waals surface area contributed by atoms with Crippen LogP contribution in [0.3, 0.4) is 0 Å². The third-order valence-corrected chi connectivity index (χ3v) is 3.54. The molecule has 106 valence electrons. The highest BCUT2D eigenvalue weighted by atomic mass is 16.5. The molecule has 3 rings (SSSR count). The van der Waals surface area contributed by atoms with Crippen LogP contribution in [0.5, 0.6) is 5.75 Å². The Morgan fingerprint density at radius 1 is 1.05 bits per heavy atom. The number of rotatable bonds is 4. The summed E-state index contributed by atoms with van der Waals surface area (Å²) in [7, 11) is 0. The number of hydrogen-bond donors (Lipinski definition) is 0. The molecule has 0 N–H and O–H groups in total. The number of benzene rings is 2. The molecule has 4 heteroatoms. The smallest absolute Gasteiger partial charge is 0.268 e. The van der Waals surface area contributed by atoms with Gasteiger partial charge in [-0.3, -0.25) is 9.59 Å². The van der Waals surface area contributed by atoms with Gasteiger partial charge in [-0.25, -0.2) is 0 Å². The summed E-state index contributed by atoms with van der Waals surface area (Å²) in [5.41, 5.74) is 1.33. The molecule has 0 aromatic heterocycles. The zero-order valence-corrected chi connectivity index (χ0v) is 11.4. The first kappa shape index (κ1) is 13.4. The lowest BCUT2D eigenvalue weighted by atomic mass is 10.2. The van der Waals surface area contributed by atoms with Crippen molar-refractivity contribution in [1.82, 2.24) is 0 Å². The van der Waals surface area contributed by atoms with Crippen molar-refractivity contribution < 1.29 is 14.3 Å². The minimum atomic E-state index is -0.536. The average Bonchev–Trinajstić information content (AvgIpc) is 2.90. The lowest BCUT2D eigenvalue weighted by Gasteiger charge is -2.17. The summed E-state index contributed by atoms with van der Waals surface area (Å²) in [6, 6.07) is 16.5. The van der Waals surface area contributed by atoms with E-state index in [0.717, 1.165) is 12.0 Å². The van der Waals surface area contributed by atoms with Crippen LogP contribution in [0.2, 0.25) is 0 Å². The average molecular weight is 281 g/mol. The minimum Gasteiger partial charge on any atom is -0.480 e. The molecule has 1 aliphatic rings. The zero-order valence-electron chi connectivity index (χ0n) is 11.4. The summed E-state index contributed by atoms with van der Waals surface area (Å²) in [5, 5.41) is 0. The van der Waals surface area contributed by atoms with Gasteiger partial charge in [0, 0.05) is 18.7 Å². The predicted octanol–water partition coefficient (Wildman–Crippen LogP) is 2.68. The Kier molecular flexibility index (Phi) is 3.69. The van der Waals surface area contributed by atoms with Gasteiger partial charge in [-0.1, -0.05) is 30.3 Å². The number of para-hydroxylation sites is 2. The third-order valence-electron chi connectivity index (χ3n) is 3.54. The van der Waals surface area contributed by atoms with Gasteiger partial charge < -0.3 is 9.64 Å². The Morgan fingerprint density at radius 3 is 2.52 bits per heavy atom. The summed E-state index contributed by atoms with van der Waals surface area (Å²) in [5.74, 6) is 0.391. The van der Waals surface area contributed by atoms with Crippen molar-refractivity contribution in [2.75, 3.05) is 11.4 Å². The van der Waals surface area contributed by atoms with E-state index in [-0.39, 0.29) is 5.91 Å². The van der Waals surface area contributed by atoms with Gasteiger partial charge in [0.2, 0.25) is 0 Å². The molecule has 1 aliphatic heterocycles. The SMILES string of the molecule is O=Cc1ccccc1OC1CCN(c2ccccc2)C1=O. The molecule has 2 aromatic rings. The Hall–Kier alpha value is -2.62. The van der Waals surface area contributed by atoms with Crippen LogP contribution in [0, 0.1) is 0 Å². The molecule has 0 radical (unpaired) electrons. The molecule has 0 saturated carbocycles. The molecular formula is C17H15NO3. The number of anilines is 1. The maximum Gasteiger partial charge on any atom is 0.268 e. The molecule has 0 spiro atoms. The Morgan fingerprint density at radius 2 is 1.76 bits per heavy atom. The Bertz CT molecular complexity index is 654. The largest absolute Gasteiger partial charge is 0.480 e. The van der Waals surface area contributed by atoms with Crippen molar-refractivity contribution in [3.63, 3.8) is 0 Å². The molecule has 1 saturated heterocycles. The molecule has 21 heavy (non-hydrogen) atoms. The van der Waals surface area contributed by atoms with Crippen molar-refractivity contribution in [3.05, 3.63) is 60.2 Å². The molecule has 1 amide bonds. The van der Waals surface area contributed by atoms with E-state index >= 15 is 0 Å². The van der Waals surface area contributed by atoms with Gasteiger partial charge >= 0.3 is 0 Å². The van der Waals surface area contributed by atoms with Crippen LogP contribution in [0.15, 0.2) is 54.6 Å². The fraction of sp³-hybridized carbons (Fsp3) is 0.176.